The summed E-state index contributed by atoms with van der Waals surface area (Å²) in [5.41, 5.74) is 6.54. The second kappa shape index (κ2) is 6.16. The monoisotopic (exact) mass is 250 g/mol. The molecule has 0 radical (unpaired) electrons. The van der Waals surface area contributed by atoms with Crippen LogP contribution < -0.4 is 5.73 Å². The Morgan fingerprint density at radius 3 is 2.28 bits per heavy atom. The Hall–Kier alpha value is -1.88. The van der Waals surface area contributed by atoms with Crippen LogP contribution in [0.25, 0.3) is 0 Å². The number of amides is 1. The zero-order valence-corrected chi connectivity index (χ0v) is 10.6. The second-order valence-electron chi connectivity index (χ2n) is 4.24. The Bertz CT molecular complexity index is 428. The van der Waals surface area contributed by atoms with Gasteiger partial charge in [0.05, 0.1) is 0 Å². The molecule has 1 aromatic carbocycles. The maximum atomic E-state index is 11.0. The van der Waals surface area contributed by atoms with Crippen molar-refractivity contribution < 1.29 is 14.7 Å². The van der Waals surface area contributed by atoms with Gasteiger partial charge in [0, 0.05) is 12.1 Å². The number of nitrogens with two attached hydrogens (primary N) is 1. The van der Waals surface area contributed by atoms with E-state index in [1.807, 2.05) is 6.92 Å². The lowest BCUT2D eigenvalue weighted by Gasteiger charge is -2.23. The van der Waals surface area contributed by atoms with Crippen LogP contribution in [-0.4, -0.2) is 35.0 Å². The van der Waals surface area contributed by atoms with Crippen LogP contribution in [0.15, 0.2) is 24.3 Å². The SMILES string of the molecule is CCC(C(=O)O)N(C)Cc1ccc(C(N)=O)cc1. The third-order valence-corrected chi connectivity index (χ3v) is 2.87. The fraction of sp³-hybridized carbons (Fsp3) is 0.385. The van der Waals surface area contributed by atoms with Crippen molar-refractivity contribution in [3.63, 3.8) is 0 Å². The van der Waals surface area contributed by atoms with Crippen LogP contribution in [0, 0.1) is 0 Å². The molecular formula is C13H18N2O3. The molecule has 0 heterocycles. The van der Waals surface area contributed by atoms with Crippen molar-refractivity contribution in [1.82, 2.24) is 4.90 Å². The predicted octanol–water partition coefficient (Wildman–Crippen LogP) is 1.08. The number of carboxylic acid groups (broad SMARTS) is 1. The van der Waals surface area contributed by atoms with Crippen LogP contribution in [0.5, 0.6) is 0 Å². The number of nitrogens with zero attached hydrogens (tertiary/aromatic N) is 1. The summed E-state index contributed by atoms with van der Waals surface area (Å²) < 4.78 is 0. The summed E-state index contributed by atoms with van der Waals surface area (Å²) in [5.74, 6) is -1.29. The lowest BCUT2D eigenvalue weighted by molar-refractivity contribution is -0.143. The van der Waals surface area contributed by atoms with Crippen molar-refractivity contribution in [2.45, 2.75) is 25.9 Å². The highest BCUT2D eigenvalue weighted by Crippen LogP contribution is 2.10. The predicted molar refractivity (Wildman–Crippen MR) is 68.1 cm³/mol. The molecular weight excluding hydrogens is 232 g/mol. The molecule has 0 saturated carbocycles. The average molecular weight is 250 g/mol. The van der Waals surface area contributed by atoms with E-state index in [1.165, 1.54) is 0 Å². The molecule has 98 valence electrons. The summed E-state index contributed by atoms with van der Waals surface area (Å²) in [6.07, 6.45) is 0.547. The maximum Gasteiger partial charge on any atom is 0.320 e. The largest absolute Gasteiger partial charge is 0.480 e. The summed E-state index contributed by atoms with van der Waals surface area (Å²) in [4.78, 5) is 23.7. The molecule has 1 aromatic rings. The van der Waals surface area contributed by atoms with Gasteiger partial charge in [-0.05, 0) is 31.2 Å². The van der Waals surface area contributed by atoms with Crippen molar-refractivity contribution in [3.8, 4) is 0 Å². The van der Waals surface area contributed by atoms with E-state index < -0.39 is 17.9 Å². The van der Waals surface area contributed by atoms with Crippen molar-refractivity contribution in [2.75, 3.05) is 7.05 Å². The Morgan fingerprint density at radius 1 is 1.33 bits per heavy atom. The quantitative estimate of drug-likeness (QED) is 0.791. The number of primary amides is 1. The Labute approximate surface area is 106 Å². The molecule has 0 bridgehead atoms. The molecule has 1 atom stereocenters. The van der Waals surface area contributed by atoms with Gasteiger partial charge in [0.1, 0.15) is 6.04 Å². The Kier molecular flexibility index (Phi) is 4.85. The number of hydrogen-bond donors (Lipinski definition) is 2. The molecule has 0 aliphatic carbocycles. The molecule has 1 amide bonds. The van der Waals surface area contributed by atoms with Crippen LogP contribution in [0.3, 0.4) is 0 Å². The van der Waals surface area contributed by atoms with E-state index >= 15 is 0 Å². The van der Waals surface area contributed by atoms with E-state index in [1.54, 1.807) is 36.2 Å². The first-order valence-electron chi connectivity index (χ1n) is 5.77. The topological polar surface area (TPSA) is 83.6 Å². The van der Waals surface area contributed by atoms with Gasteiger partial charge in [-0.2, -0.15) is 0 Å². The minimum absolute atomic E-state index is 0.451. The number of carbonyl (C=O) groups is 2. The number of rotatable bonds is 6. The Morgan fingerprint density at radius 2 is 1.89 bits per heavy atom. The summed E-state index contributed by atoms with van der Waals surface area (Å²) in [6, 6.07) is 6.36. The highest BCUT2D eigenvalue weighted by Gasteiger charge is 2.20. The zero-order chi connectivity index (χ0) is 13.7. The first-order valence-corrected chi connectivity index (χ1v) is 5.77. The molecule has 0 aliphatic heterocycles. The first kappa shape index (κ1) is 14.2. The minimum atomic E-state index is -0.825. The van der Waals surface area contributed by atoms with E-state index in [0.717, 1.165) is 5.56 Å². The second-order valence-corrected chi connectivity index (χ2v) is 4.24. The lowest BCUT2D eigenvalue weighted by atomic mass is 10.1. The van der Waals surface area contributed by atoms with E-state index in [-0.39, 0.29) is 0 Å². The molecule has 0 fully saturated rings. The molecule has 5 nitrogen and oxygen atoms in total. The zero-order valence-electron chi connectivity index (χ0n) is 10.6. The maximum absolute atomic E-state index is 11.0. The molecule has 3 N–H and O–H groups in total. The van der Waals surface area contributed by atoms with E-state index in [0.29, 0.717) is 18.5 Å². The van der Waals surface area contributed by atoms with E-state index in [9.17, 15) is 9.59 Å². The van der Waals surface area contributed by atoms with Crippen LogP contribution in [0.4, 0.5) is 0 Å². The van der Waals surface area contributed by atoms with Gasteiger partial charge in [0.2, 0.25) is 5.91 Å². The number of benzene rings is 1. The molecule has 0 spiro atoms. The summed E-state index contributed by atoms with van der Waals surface area (Å²) in [5, 5.41) is 9.04. The van der Waals surface area contributed by atoms with Gasteiger partial charge in [0.15, 0.2) is 0 Å². The third-order valence-electron chi connectivity index (χ3n) is 2.87. The number of likely N-dealkylation sites (N-methyl/N-ethyl adjacent to an activating group) is 1. The highest BCUT2D eigenvalue weighted by atomic mass is 16.4. The van der Waals surface area contributed by atoms with Gasteiger partial charge < -0.3 is 10.8 Å². The highest BCUT2D eigenvalue weighted by molar-refractivity contribution is 5.92. The molecule has 1 unspecified atom stereocenters. The first-order chi connectivity index (χ1) is 8.45. The van der Waals surface area contributed by atoms with Crippen molar-refractivity contribution in [1.29, 1.82) is 0 Å². The van der Waals surface area contributed by atoms with Gasteiger partial charge >= 0.3 is 5.97 Å². The number of carbonyl (C=O) groups excluding carboxylic acids is 1. The third kappa shape index (κ3) is 3.56. The molecule has 18 heavy (non-hydrogen) atoms. The van der Waals surface area contributed by atoms with Gasteiger partial charge in [-0.15, -0.1) is 0 Å². The number of hydrogen-bond acceptors (Lipinski definition) is 3. The van der Waals surface area contributed by atoms with Crippen LogP contribution in [0.1, 0.15) is 29.3 Å². The smallest absolute Gasteiger partial charge is 0.320 e. The van der Waals surface area contributed by atoms with Gasteiger partial charge in [0.25, 0.3) is 0 Å². The average Bonchev–Trinajstić information content (AvgIpc) is 2.29. The fourth-order valence-electron chi connectivity index (χ4n) is 1.85. The fourth-order valence-corrected chi connectivity index (χ4v) is 1.85. The summed E-state index contributed by atoms with van der Waals surface area (Å²) in [7, 11) is 1.77. The molecule has 0 aliphatic rings. The number of carboxylic acids is 1. The molecule has 0 saturated heterocycles. The van der Waals surface area contributed by atoms with E-state index in [4.69, 9.17) is 10.8 Å². The van der Waals surface area contributed by atoms with E-state index in [2.05, 4.69) is 0 Å². The van der Waals surface area contributed by atoms with Crippen molar-refractivity contribution in [3.05, 3.63) is 35.4 Å². The van der Waals surface area contributed by atoms with Crippen molar-refractivity contribution >= 4 is 11.9 Å². The lowest BCUT2D eigenvalue weighted by Crippen LogP contribution is -2.37. The van der Waals surface area contributed by atoms with Crippen LogP contribution in [-0.2, 0) is 11.3 Å². The van der Waals surface area contributed by atoms with Crippen LogP contribution in [0.2, 0.25) is 0 Å². The summed E-state index contributed by atoms with van der Waals surface area (Å²) >= 11 is 0. The van der Waals surface area contributed by atoms with Gasteiger partial charge in [-0.3, -0.25) is 14.5 Å². The molecule has 1 rings (SSSR count). The van der Waals surface area contributed by atoms with Gasteiger partial charge in [-0.1, -0.05) is 19.1 Å². The van der Waals surface area contributed by atoms with Crippen LogP contribution >= 0.6 is 0 Å². The number of aliphatic carboxylic acids is 1. The normalized spacial score (nSPS) is 12.4. The molecule has 5 heteroatoms. The standard InChI is InChI=1S/C13H18N2O3/c1-3-11(13(17)18)15(2)8-9-4-6-10(7-5-9)12(14)16/h4-7,11H,3,8H2,1-2H3,(H2,14,16)(H,17,18). The minimum Gasteiger partial charge on any atom is -0.480 e. The van der Waals surface area contributed by atoms with Gasteiger partial charge in [-0.25, -0.2) is 0 Å². The Balaban J connectivity index is 2.72. The summed E-state index contributed by atoms with van der Waals surface area (Å²) in [6.45, 7) is 2.36. The molecule has 0 aromatic heterocycles. The van der Waals surface area contributed by atoms with Crippen molar-refractivity contribution in [2.24, 2.45) is 5.73 Å².